The topological polar surface area (TPSA) is 128 Å². The zero-order valence-corrected chi connectivity index (χ0v) is 16.2. The Morgan fingerprint density at radius 3 is 2.97 bits per heavy atom. The molecule has 0 aliphatic rings. The van der Waals surface area contributed by atoms with Crippen molar-refractivity contribution in [3.05, 3.63) is 82.5 Å². The summed E-state index contributed by atoms with van der Waals surface area (Å²) < 4.78 is 0. The van der Waals surface area contributed by atoms with E-state index in [1.807, 2.05) is 6.92 Å². The third kappa shape index (κ3) is 3.46. The minimum Gasteiger partial charge on any atom is -0.353 e. The number of nitrogens with one attached hydrogen (secondary N) is 2. The first-order chi connectivity index (χ1) is 15.1. The Morgan fingerprint density at radius 1 is 1.16 bits per heavy atom. The van der Waals surface area contributed by atoms with Gasteiger partial charge in [-0.2, -0.15) is 0 Å². The second kappa shape index (κ2) is 7.34. The number of H-pyrrole nitrogens is 1. The van der Waals surface area contributed by atoms with Crippen molar-refractivity contribution in [3.63, 3.8) is 0 Å². The van der Waals surface area contributed by atoms with E-state index in [1.165, 1.54) is 18.5 Å². The van der Waals surface area contributed by atoms with Crippen molar-refractivity contribution in [2.75, 3.05) is 5.32 Å². The molecule has 1 amide bonds. The number of pyridine rings is 3. The third-order valence-electron chi connectivity index (χ3n) is 4.70. The summed E-state index contributed by atoms with van der Waals surface area (Å²) in [5.41, 5.74) is 3.09. The molecule has 10 heteroatoms. The van der Waals surface area contributed by atoms with Crippen molar-refractivity contribution in [1.82, 2.24) is 30.1 Å². The van der Waals surface area contributed by atoms with Crippen molar-refractivity contribution in [2.45, 2.75) is 6.92 Å². The number of aromatic nitrogens is 6. The lowest BCUT2D eigenvalue weighted by Crippen LogP contribution is -2.16. The van der Waals surface area contributed by atoms with Gasteiger partial charge in [-0.25, -0.2) is 4.98 Å². The highest BCUT2D eigenvalue weighted by atomic mass is 16.7. The molecule has 0 saturated heterocycles. The van der Waals surface area contributed by atoms with E-state index in [0.717, 1.165) is 15.8 Å². The number of hydrogen-bond acceptors (Lipinski definition) is 7. The van der Waals surface area contributed by atoms with Crippen LogP contribution in [0.4, 0.5) is 5.69 Å². The van der Waals surface area contributed by atoms with Crippen molar-refractivity contribution >= 4 is 33.7 Å². The highest BCUT2D eigenvalue weighted by Crippen LogP contribution is 2.23. The minimum absolute atomic E-state index is 0.172. The minimum atomic E-state index is -0.415. The van der Waals surface area contributed by atoms with Gasteiger partial charge in [0.05, 0.1) is 0 Å². The first-order valence-electron chi connectivity index (χ1n) is 9.32. The molecule has 1 aromatic carbocycles. The first-order valence-corrected chi connectivity index (χ1v) is 9.32. The van der Waals surface area contributed by atoms with Gasteiger partial charge in [-0.3, -0.25) is 14.6 Å². The number of amides is 1. The number of carbonyl (C=O) groups excluding carboxylic acids is 1. The van der Waals surface area contributed by atoms with Gasteiger partial charge < -0.3 is 15.1 Å². The summed E-state index contributed by atoms with van der Waals surface area (Å²) in [6.07, 6.45) is 4.51. The monoisotopic (exact) mass is 413 g/mol. The lowest BCUT2D eigenvalue weighted by molar-refractivity contribution is 0.101. The molecular weight excluding hydrogens is 398 g/mol. The number of nitrogens with zero attached hydrogens (tertiary/aromatic N) is 5. The number of rotatable bonds is 4. The average Bonchev–Trinajstić information content (AvgIpc) is 3.17. The van der Waals surface area contributed by atoms with Crippen LogP contribution >= 0.6 is 0 Å². The smallest absolute Gasteiger partial charge is 0.261 e. The molecule has 4 heterocycles. The molecule has 0 spiro atoms. The van der Waals surface area contributed by atoms with Crippen molar-refractivity contribution in [1.29, 1.82) is 0 Å². The van der Waals surface area contributed by atoms with Crippen molar-refractivity contribution < 1.29 is 9.63 Å². The summed E-state index contributed by atoms with van der Waals surface area (Å²) in [4.78, 5) is 42.5. The molecule has 0 saturated carbocycles. The van der Waals surface area contributed by atoms with Gasteiger partial charge in [0, 0.05) is 47.3 Å². The number of aromatic amines is 1. The fourth-order valence-corrected chi connectivity index (χ4v) is 3.23. The molecule has 0 atom stereocenters. The van der Waals surface area contributed by atoms with Gasteiger partial charge in [-0.05, 0) is 48.0 Å². The highest BCUT2D eigenvalue weighted by molar-refractivity contribution is 6.06. The Bertz CT molecular complexity index is 1510. The van der Waals surface area contributed by atoms with Crippen LogP contribution in [0, 0.1) is 6.92 Å². The number of hydrogen-bond donors (Lipinski definition) is 2. The summed E-state index contributed by atoms with van der Waals surface area (Å²) in [6, 6.07) is 11.8. The molecule has 2 N–H and O–H groups in total. The van der Waals surface area contributed by atoms with Gasteiger partial charge in [-0.15, -0.1) is 5.10 Å². The standard InChI is InChI=1S/C21H15N7O3/c1-12-9-19(29)25-16-5-4-13(10-14(12)16)24-21(30)15-11-22-8-6-18(15)31-28-20-17(26-27-28)3-2-7-23-20/h2-11H,1H3,(H,24,30)(H,25,29). The molecule has 0 unspecified atom stereocenters. The second-order valence-corrected chi connectivity index (χ2v) is 6.80. The van der Waals surface area contributed by atoms with E-state index < -0.39 is 5.91 Å². The zero-order valence-electron chi connectivity index (χ0n) is 16.2. The lowest BCUT2D eigenvalue weighted by Gasteiger charge is -2.11. The quantitative estimate of drug-likeness (QED) is 0.463. The molecule has 0 fully saturated rings. The van der Waals surface area contributed by atoms with Crippen LogP contribution in [0.15, 0.2) is 65.8 Å². The first kappa shape index (κ1) is 18.4. The molecule has 5 aromatic rings. The van der Waals surface area contributed by atoms with Crippen LogP contribution in [-0.4, -0.2) is 36.0 Å². The van der Waals surface area contributed by atoms with Gasteiger partial charge in [-0.1, -0.05) is 4.85 Å². The third-order valence-corrected chi connectivity index (χ3v) is 4.70. The summed E-state index contributed by atoms with van der Waals surface area (Å²) >= 11 is 0. The van der Waals surface area contributed by atoms with Crippen LogP contribution in [0.25, 0.3) is 22.1 Å². The zero-order chi connectivity index (χ0) is 21.4. The normalized spacial score (nSPS) is 11.0. The fraction of sp³-hybridized carbons (Fsp3) is 0.0476. The van der Waals surface area contributed by atoms with Crippen LogP contribution in [0.1, 0.15) is 15.9 Å². The van der Waals surface area contributed by atoms with Gasteiger partial charge in [0.1, 0.15) is 11.1 Å². The van der Waals surface area contributed by atoms with E-state index in [0.29, 0.717) is 22.4 Å². The Kier molecular flexibility index (Phi) is 4.36. The summed E-state index contributed by atoms with van der Waals surface area (Å²) in [7, 11) is 0. The molecular formula is C21H15N7O3. The van der Waals surface area contributed by atoms with Gasteiger partial charge >= 0.3 is 0 Å². The van der Waals surface area contributed by atoms with Crippen LogP contribution in [0.5, 0.6) is 5.75 Å². The maximum atomic E-state index is 13.0. The largest absolute Gasteiger partial charge is 0.353 e. The average molecular weight is 413 g/mol. The van der Waals surface area contributed by atoms with Gasteiger partial charge in [0.15, 0.2) is 5.75 Å². The Morgan fingerprint density at radius 2 is 2.06 bits per heavy atom. The van der Waals surface area contributed by atoms with Gasteiger partial charge in [0.2, 0.25) is 11.2 Å². The van der Waals surface area contributed by atoms with E-state index in [-0.39, 0.29) is 16.9 Å². The molecule has 4 aromatic heterocycles. The maximum Gasteiger partial charge on any atom is 0.261 e. The Hall–Kier alpha value is -4.60. The van der Waals surface area contributed by atoms with Crippen LogP contribution < -0.4 is 15.7 Å². The van der Waals surface area contributed by atoms with E-state index >= 15 is 0 Å². The highest BCUT2D eigenvalue weighted by Gasteiger charge is 2.16. The predicted molar refractivity (Wildman–Crippen MR) is 113 cm³/mol. The number of benzene rings is 1. The number of carbonyl (C=O) groups is 1. The summed E-state index contributed by atoms with van der Waals surface area (Å²) in [6.45, 7) is 1.84. The molecule has 0 radical (unpaired) electrons. The van der Waals surface area contributed by atoms with E-state index in [4.69, 9.17) is 4.84 Å². The summed E-state index contributed by atoms with van der Waals surface area (Å²) in [5, 5.41) is 11.6. The van der Waals surface area contributed by atoms with E-state index in [2.05, 4.69) is 30.6 Å². The molecule has 5 rings (SSSR count). The van der Waals surface area contributed by atoms with Gasteiger partial charge in [0.25, 0.3) is 5.91 Å². The molecule has 0 aliphatic carbocycles. The number of fused-ring (bicyclic) bond motifs is 2. The fourth-order valence-electron chi connectivity index (χ4n) is 3.23. The Labute approximate surface area is 174 Å². The van der Waals surface area contributed by atoms with Crippen LogP contribution in [-0.2, 0) is 0 Å². The SMILES string of the molecule is Cc1cc(=O)[nH]c2ccc(NC(=O)c3cnccc3On3nnc4cccnc43)cc12. The summed E-state index contributed by atoms with van der Waals surface area (Å²) in [5.74, 6) is -0.173. The predicted octanol–water partition coefficient (Wildman–Crippen LogP) is 2.47. The Balaban J connectivity index is 1.45. The molecule has 10 nitrogen and oxygen atoms in total. The second-order valence-electron chi connectivity index (χ2n) is 6.80. The van der Waals surface area contributed by atoms with Crippen molar-refractivity contribution in [3.8, 4) is 5.75 Å². The molecule has 0 bridgehead atoms. The molecule has 0 aliphatic heterocycles. The lowest BCUT2D eigenvalue weighted by atomic mass is 10.1. The molecule has 31 heavy (non-hydrogen) atoms. The number of aryl methyl sites for hydroxylation is 1. The van der Waals surface area contributed by atoms with Crippen molar-refractivity contribution in [2.24, 2.45) is 0 Å². The van der Waals surface area contributed by atoms with Crippen LogP contribution in [0.3, 0.4) is 0 Å². The van der Waals surface area contributed by atoms with E-state index in [1.54, 1.807) is 42.6 Å². The number of anilines is 1. The maximum absolute atomic E-state index is 13.0. The van der Waals surface area contributed by atoms with E-state index in [9.17, 15) is 9.59 Å². The van der Waals surface area contributed by atoms with Crippen LogP contribution in [0.2, 0.25) is 0 Å². The molecule has 152 valence electrons.